The number of hydrogen-bond donors (Lipinski definition) is 1. The Balaban J connectivity index is 2.10. The highest BCUT2D eigenvalue weighted by Gasteiger charge is 2.34. The van der Waals surface area contributed by atoms with Crippen LogP contribution in [0.25, 0.3) is 0 Å². The van der Waals surface area contributed by atoms with E-state index in [1.54, 1.807) is 6.92 Å². The minimum atomic E-state index is -0.860. The average Bonchev–Trinajstić information content (AvgIpc) is 2.38. The molecule has 0 saturated heterocycles. The van der Waals surface area contributed by atoms with Crippen molar-refractivity contribution in [1.29, 1.82) is 0 Å². The van der Waals surface area contributed by atoms with Gasteiger partial charge in [-0.15, -0.1) is 0 Å². The van der Waals surface area contributed by atoms with Crippen LogP contribution in [-0.2, 0) is 21.6 Å². The van der Waals surface area contributed by atoms with Crippen molar-refractivity contribution in [3.05, 3.63) is 35.4 Å². The highest BCUT2D eigenvalue weighted by atomic mass is 16.5. The van der Waals surface area contributed by atoms with Crippen LogP contribution in [0.4, 0.5) is 0 Å². The molecular formula is C15H20O3. The number of aliphatic hydroxyl groups is 1. The second-order valence-electron chi connectivity index (χ2n) is 4.85. The van der Waals surface area contributed by atoms with E-state index in [-0.39, 0.29) is 12.4 Å². The summed E-state index contributed by atoms with van der Waals surface area (Å²) >= 11 is 0. The maximum atomic E-state index is 11.4. The summed E-state index contributed by atoms with van der Waals surface area (Å²) in [5.74, 6) is -0.228. The summed E-state index contributed by atoms with van der Waals surface area (Å²) in [6, 6.07) is 7.97. The lowest BCUT2D eigenvalue weighted by atomic mass is 9.77. The van der Waals surface area contributed by atoms with Gasteiger partial charge in [0, 0.05) is 6.42 Å². The summed E-state index contributed by atoms with van der Waals surface area (Å²) in [7, 11) is 0. The van der Waals surface area contributed by atoms with Gasteiger partial charge in [0.1, 0.15) is 0 Å². The number of aryl methyl sites for hydroxylation is 1. The van der Waals surface area contributed by atoms with Crippen LogP contribution < -0.4 is 0 Å². The maximum Gasteiger partial charge on any atom is 0.305 e. The van der Waals surface area contributed by atoms with Crippen LogP contribution in [0.5, 0.6) is 0 Å². The molecule has 0 heterocycles. The third-order valence-corrected chi connectivity index (χ3v) is 3.60. The number of benzene rings is 1. The van der Waals surface area contributed by atoms with Crippen LogP contribution >= 0.6 is 0 Å². The van der Waals surface area contributed by atoms with Crippen molar-refractivity contribution in [3.8, 4) is 0 Å². The normalized spacial score (nSPS) is 22.3. The Labute approximate surface area is 108 Å². The largest absolute Gasteiger partial charge is 0.466 e. The van der Waals surface area contributed by atoms with E-state index in [1.165, 1.54) is 5.56 Å². The molecule has 3 heteroatoms. The molecule has 18 heavy (non-hydrogen) atoms. The summed E-state index contributed by atoms with van der Waals surface area (Å²) in [5, 5.41) is 10.7. The molecule has 1 unspecified atom stereocenters. The monoisotopic (exact) mass is 248 g/mol. The van der Waals surface area contributed by atoms with E-state index in [2.05, 4.69) is 6.07 Å². The third kappa shape index (κ3) is 2.72. The number of carbonyl (C=O) groups excluding carboxylic acids is 1. The van der Waals surface area contributed by atoms with E-state index in [4.69, 9.17) is 4.74 Å². The standard InChI is InChI=1S/C15H20O3/c1-2-18-14(16)9-11-15(17)10-5-7-12-6-3-4-8-13(12)15/h3-4,6,8,17H,2,5,7,9-11H2,1H3. The molecule has 0 amide bonds. The molecule has 2 rings (SSSR count). The molecule has 0 aromatic heterocycles. The fraction of sp³-hybridized carbons (Fsp3) is 0.533. The number of ether oxygens (including phenoxy) is 1. The zero-order valence-corrected chi connectivity index (χ0v) is 10.8. The van der Waals surface area contributed by atoms with Crippen LogP contribution in [0.2, 0.25) is 0 Å². The second-order valence-corrected chi connectivity index (χ2v) is 4.85. The van der Waals surface area contributed by atoms with Crippen molar-refractivity contribution in [2.24, 2.45) is 0 Å². The van der Waals surface area contributed by atoms with Crippen LogP contribution in [0.15, 0.2) is 24.3 Å². The van der Waals surface area contributed by atoms with Gasteiger partial charge in [-0.1, -0.05) is 24.3 Å². The number of rotatable bonds is 4. The van der Waals surface area contributed by atoms with Gasteiger partial charge in [0.2, 0.25) is 0 Å². The molecule has 1 N–H and O–H groups in total. The Morgan fingerprint density at radius 1 is 1.44 bits per heavy atom. The molecule has 1 aliphatic carbocycles. The molecule has 1 aromatic carbocycles. The minimum absolute atomic E-state index is 0.228. The first-order chi connectivity index (χ1) is 8.65. The van der Waals surface area contributed by atoms with Gasteiger partial charge in [-0.25, -0.2) is 0 Å². The molecule has 3 nitrogen and oxygen atoms in total. The van der Waals surface area contributed by atoms with Crippen molar-refractivity contribution in [1.82, 2.24) is 0 Å². The first kappa shape index (κ1) is 13.1. The molecular weight excluding hydrogens is 228 g/mol. The third-order valence-electron chi connectivity index (χ3n) is 3.60. The van der Waals surface area contributed by atoms with Gasteiger partial charge in [-0.05, 0) is 43.7 Å². The van der Waals surface area contributed by atoms with Gasteiger partial charge in [-0.3, -0.25) is 4.79 Å². The quantitative estimate of drug-likeness (QED) is 0.833. The lowest BCUT2D eigenvalue weighted by Crippen LogP contribution is -2.31. The van der Waals surface area contributed by atoms with E-state index in [9.17, 15) is 9.90 Å². The van der Waals surface area contributed by atoms with Crippen LogP contribution in [-0.4, -0.2) is 17.7 Å². The Morgan fingerprint density at radius 2 is 2.22 bits per heavy atom. The Kier molecular flexibility index (Phi) is 4.02. The molecule has 0 spiro atoms. The van der Waals surface area contributed by atoms with Crippen molar-refractivity contribution in [3.63, 3.8) is 0 Å². The lowest BCUT2D eigenvalue weighted by molar-refractivity contribution is -0.144. The van der Waals surface area contributed by atoms with Gasteiger partial charge in [0.25, 0.3) is 0 Å². The van der Waals surface area contributed by atoms with Crippen LogP contribution in [0.3, 0.4) is 0 Å². The van der Waals surface area contributed by atoms with E-state index < -0.39 is 5.60 Å². The first-order valence-electron chi connectivity index (χ1n) is 6.62. The van der Waals surface area contributed by atoms with Gasteiger partial charge in [-0.2, -0.15) is 0 Å². The maximum absolute atomic E-state index is 11.4. The molecule has 1 aliphatic rings. The fourth-order valence-corrected chi connectivity index (χ4v) is 2.70. The number of fused-ring (bicyclic) bond motifs is 1. The van der Waals surface area contributed by atoms with Gasteiger partial charge in [0.15, 0.2) is 0 Å². The molecule has 0 saturated carbocycles. The summed E-state index contributed by atoms with van der Waals surface area (Å²) in [6.07, 6.45) is 3.43. The second kappa shape index (κ2) is 5.53. The fourth-order valence-electron chi connectivity index (χ4n) is 2.70. The Bertz CT molecular complexity index is 428. The van der Waals surface area contributed by atoms with Crippen molar-refractivity contribution in [2.75, 3.05) is 6.61 Å². The van der Waals surface area contributed by atoms with Gasteiger partial charge < -0.3 is 9.84 Å². The van der Waals surface area contributed by atoms with Crippen molar-refractivity contribution in [2.45, 2.75) is 44.6 Å². The Morgan fingerprint density at radius 3 is 3.00 bits per heavy atom. The molecule has 1 aromatic rings. The van der Waals surface area contributed by atoms with E-state index >= 15 is 0 Å². The molecule has 1 atom stereocenters. The molecule has 98 valence electrons. The summed E-state index contributed by atoms with van der Waals surface area (Å²) in [4.78, 5) is 11.4. The van der Waals surface area contributed by atoms with E-state index in [0.29, 0.717) is 13.0 Å². The zero-order chi connectivity index (χ0) is 13.0. The zero-order valence-electron chi connectivity index (χ0n) is 10.8. The highest BCUT2D eigenvalue weighted by Crippen LogP contribution is 2.38. The average molecular weight is 248 g/mol. The van der Waals surface area contributed by atoms with E-state index in [0.717, 1.165) is 24.8 Å². The molecule has 0 aliphatic heterocycles. The van der Waals surface area contributed by atoms with Crippen LogP contribution in [0.1, 0.15) is 43.7 Å². The predicted octanol–water partition coefficient (Wildman–Crippen LogP) is 2.55. The first-order valence-corrected chi connectivity index (χ1v) is 6.62. The highest BCUT2D eigenvalue weighted by molar-refractivity contribution is 5.69. The number of carbonyl (C=O) groups is 1. The van der Waals surface area contributed by atoms with Gasteiger partial charge in [0.05, 0.1) is 12.2 Å². The molecule has 0 radical (unpaired) electrons. The lowest BCUT2D eigenvalue weighted by Gasteiger charge is -2.34. The number of esters is 1. The smallest absolute Gasteiger partial charge is 0.305 e. The van der Waals surface area contributed by atoms with E-state index in [1.807, 2.05) is 18.2 Å². The summed E-state index contributed by atoms with van der Waals surface area (Å²) in [5.41, 5.74) is 1.33. The molecule has 0 bridgehead atoms. The van der Waals surface area contributed by atoms with Crippen molar-refractivity contribution < 1.29 is 14.6 Å². The number of hydrogen-bond acceptors (Lipinski definition) is 3. The SMILES string of the molecule is CCOC(=O)CCC1(O)CCCc2ccccc21. The topological polar surface area (TPSA) is 46.5 Å². The molecule has 0 fully saturated rings. The van der Waals surface area contributed by atoms with Gasteiger partial charge >= 0.3 is 5.97 Å². The van der Waals surface area contributed by atoms with Crippen molar-refractivity contribution >= 4 is 5.97 Å². The van der Waals surface area contributed by atoms with Crippen LogP contribution in [0, 0.1) is 0 Å². The Hall–Kier alpha value is -1.35. The minimum Gasteiger partial charge on any atom is -0.466 e. The summed E-state index contributed by atoms with van der Waals surface area (Å²) in [6.45, 7) is 2.19. The predicted molar refractivity (Wildman–Crippen MR) is 69.1 cm³/mol. The summed E-state index contributed by atoms with van der Waals surface area (Å²) < 4.78 is 4.92.